The van der Waals surface area contributed by atoms with Gasteiger partial charge < -0.3 is 25.5 Å². The minimum Gasteiger partial charge on any atom is -0.493 e. The molecule has 2 aromatic carbocycles. The number of rotatable bonds is 11. The van der Waals surface area contributed by atoms with Gasteiger partial charge in [0.05, 0.1) is 40.8 Å². The summed E-state index contributed by atoms with van der Waals surface area (Å²) in [6, 6.07) is 11.8. The van der Waals surface area contributed by atoms with Crippen molar-refractivity contribution in [3.63, 3.8) is 0 Å². The zero-order valence-electron chi connectivity index (χ0n) is 31.4. The molecule has 284 valence electrons. The molecule has 5 N–H and O–H groups in total. The number of H-pyrrole nitrogens is 2. The van der Waals surface area contributed by atoms with E-state index in [9.17, 15) is 9.18 Å². The van der Waals surface area contributed by atoms with Gasteiger partial charge in [-0.15, -0.1) is 0 Å². The predicted octanol–water partition coefficient (Wildman–Crippen LogP) is 8.63. The van der Waals surface area contributed by atoms with Crippen LogP contribution < -0.4 is 11.1 Å². The van der Waals surface area contributed by atoms with Crippen LogP contribution in [-0.2, 0) is 22.6 Å². The van der Waals surface area contributed by atoms with E-state index >= 15 is 0 Å². The van der Waals surface area contributed by atoms with Gasteiger partial charge in [0.25, 0.3) is 0 Å². The number of aldehydes is 1. The van der Waals surface area contributed by atoms with Crippen molar-refractivity contribution < 1.29 is 18.7 Å². The van der Waals surface area contributed by atoms with Gasteiger partial charge in [-0.1, -0.05) is 62.7 Å². The second kappa shape index (κ2) is 22.9. The van der Waals surface area contributed by atoms with Crippen LogP contribution in [0.15, 0.2) is 103 Å². The summed E-state index contributed by atoms with van der Waals surface area (Å²) < 4.78 is 24.4. The molecule has 53 heavy (non-hydrogen) atoms. The van der Waals surface area contributed by atoms with Crippen LogP contribution in [0.2, 0.25) is 5.02 Å². The van der Waals surface area contributed by atoms with Crippen LogP contribution >= 0.6 is 11.6 Å². The number of aromatic amines is 2. The summed E-state index contributed by atoms with van der Waals surface area (Å²) in [5.74, 6) is 1.19. The third-order valence-corrected chi connectivity index (χ3v) is 8.26. The fourth-order valence-electron chi connectivity index (χ4n) is 4.94. The summed E-state index contributed by atoms with van der Waals surface area (Å²) in [6.07, 6.45) is 15.9. The number of ether oxygens (including phenoxy) is 2. The van der Waals surface area contributed by atoms with E-state index in [0.717, 1.165) is 66.2 Å². The van der Waals surface area contributed by atoms with Gasteiger partial charge >= 0.3 is 0 Å². The third-order valence-electron chi connectivity index (χ3n) is 8.02. The van der Waals surface area contributed by atoms with E-state index in [1.165, 1.54) is 30.7 Å². The van der Waals surface area contributed by atoms with E-state index in [1.54, 1.807) is 31.4 Å². The number of hydrogen-bond acceptors (Lipinski definition) is 8. The number of fused-ring (bicyclic) bond motifs is 1. The first-order valence-electron chi connectivity index (χ1n) is 17.8. The number of aromatic nitrogens is 4. The molecule has 4 heterocycles. The Bertz CT molecular complexity index is 1860. The Balaban J connectivity index is 0.000000342. The Kier molecular flexibility index (Phi) is 18.3. The number of imidazole rings is 1. The van der Waals surface area contributed by atoms with E-state index < -0.39 is 0 Å². The monoisotopic (exact) mass is 745 g/mol. The molecule has 1 fully saturated rings. The van der Waals surface area contributed by atoms with Crippen molar-refractivity contribution in [1.29, 1.82) is 0 Å². The van der Waals surface area contributed by atoms with Gasteiger partial charge in [0.15, 0.2) is 0 Å². The summed E-state index contributed by atoms with van der Waals surface area (Å²) in [5.41, 5.74) is 12.1. The zero-order valence-corrected chi connectivity index (χ0v) is 32.2. The Morgan fingerprint density at radius 2 is 2.00 bits per heavy atom. The molecule has 0 unspecified atom stereocenters. The largest absolute Gasteiger partial charge is 0.493 e. The second-order valence-electron chi connectivity index (χ2n) is 12.5. The van der Waals surface area contributed by atoms with Crippen LogP contribution in [0.1, 0.15) is 74.4 Å². The molecule has 0 spiro atoms. The molecule has 10 nitrogen and oxygen atoms in total. The fourth-order valence-corrected chi connectivity index (χ4v) is 5.10. The highest BCUT2D eigenvalue weighted by Gasteiger charge is 2.15. The maximum Gasteiger partial charge on any atom is 0.150 e. The molecular formula is C41H53ClFN7O3. The average molecular weight is 746 g/mol. The molecule has 1 saturated heterocycles. The number of nitrogens with one attached hydrogen (secondary N) is 3. The Morgan fingerprint density at radius 3 is 2.57 bits per heavy atom. The van der Waals surface area contributed by atoms with Gasteiger partial charge in [-0.05, 0) is 80.3 Å². The summed E-state index contributed by atoms with van der Waals surface area (Å²) in [6.45, 7) is 15.9. The first-order valence-corrected chi connectivity index (χ1v) is 18.2. The van der Waals surface area contributed by atoms with Crippen LogP contribution in [0.4, 0.5) is 4.39 Å². The van der Waals surface area contributed by atoms with Gasteiger partial charge in [-0.3, -0.25) is 14.8 Å². The molecule has 2 aromatic heterocycles. The number of carbonyl (C=O) groups is 1. The number of nitrogens with zero attached hydrogens (tertiary/aromatic N) is 3. The van der Waals surface area contributed by atoms with Crippen molar-refractivity contribution in [3.05, 3.63) is 136 Å². The van der Waals surface area contributed by atoms with Crippen molar-refractivity contribution in [3.8, 4) is 0 Å². The third kappa shape index (κ3) is 14.5. The average Bonchev–Trinajstić information content (AvgIpc) is 3.82. The van der Waals surface area contributed by atoms with Crippen LogP contribution in [0.5, 0.6) is 0 Å². The zero-order chi connectivity index (χ0) is 38.6. The fraction of sp³-hybridized carbons (Fsp3) is 0.341. The van der Waals surface area contributed by atoms with E-state index in [2.05, 4.69) is 63.8 Å². The Morgan fingerprint density at radius 1 is 1.25 bits per heavy atom. The molecule has 0 radical (unpaired) electrons. The van der Waals surface area contributed by atoms with Crippen molar-refractivity contribution in [1.82, 2.24) is 30.4 Å². The first kappa shape index (κ1) is 42.4. The molecule has 0 saturated carbocycles. The first-order chi connectivity index (χ1) is 25.6. The van der Waals surface area contributed by atoms with E-state index in [1.807, 2.05) is 43.4 Å². The Labute approximate surface area is 317 Å². The lowest BCUT2D eigenvalue weighted by atomic mass is 10.0. The van der Waals surface area contributed by atoms with Crippen molar-refractivity contribution >= 4 is 34.6 Å². The highest BCUT2D eigenvalue weighted by atomic mass is 35.5. The molecule has 6 rings (SSSR count). The topological polar surface area (TPSA) is 134 Å². The van der Waals surface area contributed by atoms with Crippen LogP contribution in [-0.4, -0.2) is 64.2 Å². The molecule has 2 aliphatic rings. The maximum atomic E-state index is 13.9. The molecule has 2 aliphatic heterocycles. The predicted molar refractivity (Wildman–Crippen MR) is 214 cm³/mol. The van der Waals surface area contributed by atoms with Gasteiger partial charge in [0, 0.05) is 55.3 Å². The van der Waals surface area contributed by atoms with Gasteiger partial charge in [-0.25, -0.2) is 9.37 Å². The number of allylic oxidation sites excluding steroid dienone is 5. The van der Waals surface area contributed by atoms with E-state index in [-0.39, 0.29) is 12.4 Å². The lowest BCUT2D eigenvalue weighted by molar-refractivity contribution is -0.0375. The number of benzene rings is 2. The van der Waals surface area contributed by atoms with Gasteiger partial charge in [0.1, 0.15) is 24.5 Å². The van der Waals surface area contributed by atoms with Crippen molar-refractivity contribution in [2.24, 2.45) is 5.73 Å². The summed E-state index contributed by atoms with van der Waals surface area (Å²) in [5, 5.41) is 9.84. The summed E-state index contributed by atoms with van der Waals surface area (Å²) in [4.78, 5) is 21.2. The normalized spacial score (nSPS) is 15.8. The van der Waals surface area contributed by atoms with E-state index in [0.29, 0.717) is 34.6 Å². The molecule has 0 bridgehead atoms. The van der Waals surface area contributed by atoms with Crippen LogP contribution in [0.25, 0.3) is 16.7 Å². The SMILES string of the molecule is C=C(/C=C\C=C(/C)OCc1ccc(Cl)cc1F)C1=CCN(Cc2nc3ccc(C=O)cc3[nH]2)CC1.CCC.CN/C(=C/N)c1ccn[nH]1.C[C@@H]1CCO1. The molecule has 12 heteroatoms. The maximum absolute atomic E-state index is 13.9. The molecule has 1 atom stereocenters. The number of hydrogen-bond donors (Lipinski definition) is 4. The standard InChI is InChI=1S/C28H27ClFN3O2.C6H10N4.C4H8O.C3H8/c1-19(4-3-5-20(2)35-18-23-7-8-24(29)15-25(23)30)22-10-12-33(13-11-22)16-28-31-26-9-6-21(17-34)14-27(26)32-28;1-8-6(4-7)5-2-3-9-10-5;1-4-2-3-5-4;1-3-2/h3-10,14-15,17H,1,11-13,16,18H2,2H3,(H,31,32);2-4,8H,7H2,1H3,(H,9,10);4H,2-3H2,1H3;3H2,1-2H3/b4-3-,20-5+;6-4+;;/t;;4-;/m..1./s1. The molecule has 0 aliphatic carbocycles. The number of nitrogens with two attached hydrogens (primary N) is 1. The smallest absolute Gasteiger partial charge is 0.150 e. The molecule has 0 amide bonds. The van der Waals surface area contributed by atoms with Crippen LogP contribution in [0, 0.1) is 5.82 Å². The Hall–Kier alpha value is -4.97. The lowest BCUT2D eigenvalue weighted by Crippen LogP contribution is -2.28. The number of halogens is 2. The number of carbonyl (C=O) groups excluding carboxylic acids is 1. The highest BCUT2D eigenvalue weighted by Crippen LogP contribution is 2.21. The van der Waals surface area contributed by atoms with Gasteiger partial charge in [0.2, 0.25) is 0 Å². The quantitative estimate of drug-likeness (QED) is 0.0681. The van der Waals surface area contributed by atoms with Gasteiger partial charge in [-0.2, -0.15) is 5.10 Å². The highest BCUT2D eigenvalue weighted by molar-refractivity contribution is 6.30. The van der Waals surface area contributed by atoms with E-state index in [4.69, 9.17) is 26.8 Å². The van der Waals surface area contributed by atoms with Crippen molar-refractivity contribution in [2.45, 2.75) is 66.2 Å². The van der Waals surface area contributed by atoms with Crippen LogP contribution in [0.3, 0.4) is 0 Å². The summed E-state index contributed by atoms with van der Waals surface area (Å²) >= 11 is 5.78. The minimum atomic E-state index is -0.375. The lowest BCUT2D eigenvalue weighted by Gasteiger charge is -2.25. The summed E-state index contributed by atoms with van der Waals surface area (Å²) in [7, 11) is 1.81. The molecule has 4 aromatic rings. The van der Waals surface area contributed by atoms with Crippen molar-refractivity contribution in [2.75, 3.05) is 26.7 Å². The second-order valence-corrected chi connectivity index (χ2v) is 12.9. The minimum absolute atomic E-state index is 0.143. The molecular weight excluding hydrogens is 693 g/mol.